The van der Waals surface area contributed by atoms with E-state index < -0.39 is 6.04 Å². The average molecular weight is 338 g/mol. The van der Waals surface area contributed by atoms with Crippen molar-refractivity contribution in [2.45, 2.75) is 18.9 Å². The number of nitrogens with two attached hydrogens (primary N) is 1. The molecule has 1 unspecified atom stereocenters. The zero-order valence-electron chi connectivity index (χ0n) is 11.0. The lowest BCUT2D eigenvalue weighted by atomic mass is 10.1. The number of carbonyl (C=O) groups is 2. The number of benzene rings is 1. The van der Waals surface area contributed by atoms with E-state index in [0.717, 1.165) is 41.7 Å². The summed E-state index contributed by atoms with van der Waals surface area (Å²) in [4.78, 5) is 27.8. The minimum atomic E-state index is -0.688. The second kappa shape index (κ2) is 5.18. The van der Waals surface area contributed by atoms with Gasteiger partial charge in [0.05, 0.1) is 5.69 Å². The molecule has 2 heterocycles. The fourth-order valence-electron chi connectivity index (χ4n) is 2.84. The Balaban J connectivity index is 1.86. The van der Waals surface area contributed by atoms with E-state index in [-0.39, 0.29) is 18.4 Å². The molecule has 0 spiro atoms. The first kappa shape index (κ1) is 13.6. The Labute approximate surface area is 125 Å². The van der Waals surface area contributed by atoms with Gasteiger partial charge in [0.1, 0.15) is 12.6 Å². The Hall–Kier alpha value is -1.40. The highest BCUT2D eigenvalue weighted by atomic mass is 79.9. The third-order valence-electron chi connectivity index (χ3n) is 3.92. The Morgan fingerprint density at radius 3 is 2.75 bits per heavy atom. The minimum Gasteiger partial charge on any atom is -0.341 e. The van der Waals surface area contributed by atoms with Crippen molar-refractivity contribution < 1.29 is 9.59 Å². The van der Waals surface area contributed by atoms with Gasteiger partial charge in [-0.1, -0.05) is 22.0 Å². The monoisotopic (exact) mass is 337 g/mol. The Morgan fingerprint density at radius 1 is 1.35 bits per heavy atom. The maximum absolute atomic E-state index is 12.3. The maximum Gasteiger partial charge on any atom is 0.249 e. The summed E-state index contributed by atoms with van der Waals surface area (Å²) in [6, 6.07) is 4.86. The van der Waals surface area contributed by atoms with Crippen LogP contribution in [0.1, 0.15) is 24.4 Å². The highest BCUT2D eigenvalue weighted by Crippen LogP contribution is 2.39. The zero-order valence-corrected chi connectivity index (χ0v) is 12.6. The molecule has 1 atom stereocenters. The zero-order chi connectivity index (χ0) is 14.3. The predicted molar refractivity (Wildman–Crippen MR) is 79.2 cm³/mol. The number of fused-ring (bicyclic) bond motifs is 1. The third kappa shape index (κ3) is 2.13. The first-order valence-corrected chi connectivity index (χ1v) is 7.52. The first-order chi connectivity index (χ1) is 9.59. The van der Waals surface area contributed by atoms with Crippen molar-refractivity contribution in [1.29, 1.82) is 0 Å². The summed E-state index contributed by atoms with van der Waals surface area (Å²) in [5.74, 6) is -0.213. The highest BCUT2D eigenvalue weighted by molar-refractivity contribution is 9.10. The standard InChI is InChI=1S/C14H16BrN3O2/c15-9-4-3-5-10-12(9)13(16)14(20)18(10)8-11(19)17-6-1-2-7-17/h3-5,13H,1-2,6-8,16H2. The van der Waals surface area contributed by atoms with Crippen LogP contribution in [-0.4, -0.2) is 36.3 Å². The molecule has 106 valence electrons. The quantitative estimate of drug-likeness (QED) is 0.887. The molecule has 0 bridgehead atoms. The maximum atomic E-state index is 12.3. The number of likely N-dealkylation sites (tertiary alicyclic amines) is 1. The van der Waals surface area contributed by atoms with Gasteiger partial charge in [0.2, 0.25) is 11.8 Å². The van der Waals surface area contributed by atoms with Crippen molar-refractivity contribution in [2.24, 2.45) is 5.73 Å². The second-order valence-electron chi connectivity index (χ2n) is 5.16. The summed E-state index contributed by atoms with van der Waals surface area (Å²) in [7, 11) is 0. The van der Waals surface area contributed by atoms with Gasteiger partial charge in [-0.3, -0.25) is 9.59 Å². The topological polar surface area (TPSA) is 66.6 Å². The predicted octanol–water partition coefficient (Wildman–Crippen LogP) is 1.42. The molecule has 0 saturated carbocycles. The SMILES string of the molecule is NC1C(=O)N(CC(=O)N2CCCC2)c2cccc(Br)c21. The van der Waals surface area contributed by atoms with Gasteiger partial charge in [-0.05, 0) is 25.0 Å². The number of hydrogen-bond donors (Lipinski definition) is 1. The number of carbonyl (C=O) groups excluding carboxylic acids is 2. The largest absolute Gasteiger partial charge is 0.341 e. The van der Waals surface area contributed by atoms with E-state index in [4.69, 9.17) is 5.73 Å². The Morgan fingerprint density at radius 2 is 2.05 bits per heavy atom. The van der Waals surface area contributed by atoms with E-state index in [1.54, 1.807) is 0 Å². The lowest BCUT2D eigenvalue weighted by Crippen LogP contribution is -2.41. The summed E-state index contributed by atoms with van der Waals surface area (Å²) in [6.45, 7) is 1.66. The number of amides is 2. The van der Waals surface area contributed by atoms with E-state index in [1.807, 2.05) is 23.1 Å². The lowest BCUT2D eigenvalue weighted by Gasteiger charge is -2.21. The molecule has 5 nitrogen and oxygen atoms in total. The van der Waals surface area contributed by atoms with Crippen LogP contribution in [0.4, 0.5) is 5.69 Å². The fraction of sp³-hybridized carbons (Fsp3) is 0.429. The second-order valence-corrected chi connectivity index (χ2v) is 6.02. The van der Waals surface area contributed by atoms with E-state index in [2.05, 4.69) is 15.9 Å². The molecule has 1 fully saturated rings. The Bertz CT molecular complexity index is 570. The molecule has 2 aliphatic rings. The van der Waals surface area contributed by atoms with Crippen LogP contribution in [0.25, 0.3) is 0 Å². The Kier molecular flexibility index (Phi) is 3.52. The van der Waals surface area contributed by atoms with Crippen LogP contribution >= 0.6 is 15.9 Å². The van der Waals surface area contributed by atoms with Crippen LogP contribution in [0.2, 0.25) is 0 Å². The molecule has 0 radical (unpaired) electrons. The molecular formula is C14H16BrN3O2. The molecule has 3 rings (SSSR count). The summed E-state index contributed by atoms with van der Waals surface area (Å²) < 4.78 is 0.812. The number of nitrogens with zero attached hydrogens (tertiary/aromatic N) is 2. The summed E-state index contributed by atoms with van der Waals surface area (Å²) in [5, 5.41) is 0. The molecular weight excluding hydrogens is 322 g/mol. The molecule has 1 aromatic carbocycles. The molecule has 0 aliphatic carbocycles. The van der Waals surface area contributed by atoms with Gasteiger partial charge in [0.25, 0.3) is 0 Å². The normalized spacial score (nSPS) is 21.5. The highest BCUT2D eigenvalue weighted by Gasteiger charge is 2.37. The van der Waals surface area contributed by atoms with Gasteiger partial charge in [0.15, 0.2) is 0 Å². The van der Waals surface area contributed by atoms with E-state index in [1.165, 1.54) is 4.90 Å². The van der Waals surface area contributed by atoms with Crippen LogP contribution in [0.15, 0.2) is 22.7 Å². The number of anilines is 1. The van der Waals surface area contributed by atoms with Crippen LogP contribution in [0.3, 0.4) is 0 Å². The van der Waals surface area contributed by atoms with Gasteiger partial charge < -0.3 is 15.5 Å². The molecule has 2 amide bonds. The van der Waals surface area contributed by atoms with Crippen LogP contribution in [0.5, 0.6) is 0 Å². The van der Waals surface area contributed by atoms with E-state index >= 15 is 0 Å². The smallest absolute Gasteiger partial charge is 0.249 e. The molecule has 1 saturated heterocycles. The van der Waals surface area contributed by atoms with Gasteiger partial charge in [-0.15, -0.1) is 0 Å². The number of halogens is 1. The lowest BCUT2D eigenvalue weighted by molar-refractivity contribution is -0.130. The van der Waals surface area contributed by atoms with Crippen LogP contribution in [-0.2, 0) is 9.59 Å². The van der Waals surface area contributed by atoms with Crippen LogP contribution < -0.4 is 10.6 Å². The number of hydrogen-bond acceptors (Lipinski definition) is 3. The van der Waals surface area contributed by atoms with Crippen molar-refractivity contribution in [3.8, 4) is 0 Å². The van der Waals surface area contributed by atoms with Crippen molar-refractivity contribution in [3.63, 3.8) is 0 Å². The minimum absolute atomic E-state index is 0.00382. The van der Waals surface area contributed by atoms with Gasteiger partial charge in [-0.25, -0.2) is 0 Å². The molecule has 20 heavy (non-hydrogen) atoms. The summed E-state index contributed by atoms with van der Waals surface area (Å²) in [6.07, 6.45) is 2.09. The number of rotatable bonds is 2. The van der Waals surface area contributed by atoms with E-state index in [0.29, 0.717) is 0 Å². The van der Waals surface area contributed by atoms with Gasteiger partial charge >= 0.3 is 0 Å². The van der Waals surface area contributed by atoms with Crippen molar-refractivity contribution in [2.75, 3.05) is 24.5 Å². The summed E-state index contributed by atoms with van der Waals surface area (Å²) in [5.41, 5.74) is 7.47. The fourth-order valence-corrected chi connectivity index (χ4v) is 3.45. The van der Waals surface area contributed by atoms with Crippen molar-refractivity contribution >= 4 is 33.4 Å². The molecule has 0 aromatic heterocycles. The van der Waals surface area contributed by atoms with E-state index in [9.17, 15) is 9.59 Å². The third-order valence-corrected chi connectivity index (χ3v) is 4.61. The van der Waals surface area contributed by atoms with Gasteiger partial charge in [-0.2, -0.15) is 0 Å². The molecule has 2 N–H and O–H groups in total. The van der Waals surface area contributed by atoms with Gasteiger partial charge in [0, 0.05) is 23.1 Å². The molecule has 1 aromatic rings. The molecule has 6 heteroatoms. The average Bonchev–Trinajstić information content (AvgIpc) is 3.03. The van der Waals surface area contributed by atoms with Crippen molar-refractivity contribution in [3.05, 3.63) is 28.2 Å². The van der Waals surface area contributed by atoms with Crippen molar-refractivity contribution in [1.82, 2.24) is 4.90 Å². The first-order valence-electron chi connectivity index (χ1n) is 6.72. The van der Waals surface area contributed by atoms with Crippen LogP contribution in [0, 0.1) is 0 Å². The summed E-state index contributed by atoms with van der Waals surface area (Å²) >= 11 is 3.42. The molecule has 2 aliphatic heterocycles.